The van der Waals surface area contributed by atoms with Crippen LogP contribution in [0.2, 0.25) is 0 Å². The molecule has 2 aromatic rings. The molecule has 3 rings (SSSR count). The maximum atomic E-state index is 11.9. The molecule has 0 aliphatic carbocycles. The molecular weight excluding hydrogens is 340 g/mol. The Morgan fingerprint density at radius 1 is 1.35 bits per heavy atom. The lowest BCUT2D eigenvalue weighted by Gasteiger charge is -2.30. The molecular formula is C14H19ClN4O3S. The third-order valence-electron chi connectivity index (χ3n) is 3.77. The summed E-state index contributed by atoms with van der Waals surface area (Å²) < 4.78 is 29.1. The van der Waals surface area contributed by atoms with Gasteiger partial charge in [0.1, 0.15) is 0 Å². The number of sulfone groups is 1. The molecule has 1 aliphatic heterocycles. The largest absolute Gasteiger partial charge is 0.334 e. The molecule has 1 unspecified atom stereocenters. The van der Waals surface area contributed by atoms with Crippen LogP contribution in [0.5, 0.6) is 0 Å². The number of halogens is 1. The highest BCUT2D eigenvalue weighted by Gasteiger charge is 2.26. The van der Waals surface area contributed by atoms with Crippen molar-refractivity contribution in [2.24, 2.45) is 0 Å². The zero-order valence-corrected chi connectivity index (χ0v) is 14.5. The first-order valence-electron chi connectivity index (χ1n) is 7.01. The molecule has 1 aromatic carbocycles. The Labute approximate surface area is 141 Å². The molecule has 9 heteroatoms. The van der Waals surface area contributed by atoms with Crippen molar-refractivity contribution in [3.05, 3.63) is 30.1 Å². The van der Waals surface area contributed by atoms with Gasteiger partial charge in [0.15, 0.2) is 15.7 Å². The second-order valence-electron chi connectivity index (χ2n) is 5.43. The summed E-state index contributed by atoms with van der Waals surface area (Å²) in [6, 6.07) is 6.67. The second kappa shape index (κ2) is 6.96. The first-order chi connectivity index (χ1) is 10.5. The number of benzene rings is 1. The number of rotatable bonds is 3. The van der Waals surface area contributed by atoms with Gasteiger partial charge in [-0.05, 0) is 19.2 Å². The molecule has 0 spiro atoms. The average molecular weight is 359 g/mol. The van der Waals surface area contributed by atoms with E-state index in [-0.39, 0.29) is 29.2 Å². The van der Waals surface area contributed by atoms with Gasteiger partial charge in [-0.1, -0.05) is 17.3 Å². The third-order valence-corrected chi connectivity index (χ3v) is 4.92. The zero-order valence-electron chi connectivity index (χ0n) is 12.9. The Morgan fingerprint density at radius 3 is 2.78 bits per heavy atom. The molecule has 1 atom stereocenters. The van der Waals surface area contributed by atoms with Gasteiger partial charge in [-0.15, -0.1) is 12.4 Å². The summed E-state index contributed by atoms with van der Waals surface area (Å²) in [4.78, 5) is 6.75. The van der Waals surface area contributed by atoms with Gasteiger partial charge in [-0.3, -0.25) is 4.90 Å². The van der Waals surface area contributed by atoms with Crippen LogP contribution < -0.4 is 5.32 Å². The molecule has 1 saturated heterocycles. The van der Waals surface area contributed by atoms with Gasteiger partial charge in [0.2, 0.25) is 0 Å². The van der Waals surface area contributed by atoms with Crippen molar-refractivity contribution >= 4 is 22.2 Å². The Hall–Kier alpha value is -1.48. The van der Waals surface area contributed by atoms with Crippen molar-refractivity contribution in [3.63, 3.8) is 0 Å². The fourth-order valence-electron chi connectivity index (χ4n) is 2.54. The molecule has 0 radical (unpaired) electrons. The highest BCUT2D eigenvalue weighted by molar-refractivity contribution is 7.90. The highest BCUT2D eigenvalue weighted by Crippen LogP contribution is 2.27. The molecule has 0 saturated carbocycles. The topological polar surface area (TPSA) is 88.3 Å². The summed E-state index contributed by atoms with van der Waals surface area (Å²) >= 11 is 0. The molecule has 0 bridgehead atoms. The van der Waals surface area contributed by atoms with Crippen LogP contribution >= 0.6 is 12.4 Å². The number of piperazine rings is 1. The SMILES string of the molecule is CN1CCNCC1c1noc(-c2ccccc2S(C)(=O)=O)n1.Cl. The fourth-order valence-corrected chi connectivity index (χ4v) is 3.42. The van der Waals surface area contributed by atoms with Gasteiger partial charge in [-0.2, -0.15) is 4.98 Å². The van der Waals surface area contributed by atoms with E-state index in [0.29, 0.717) is 11.4 Å². The second-order valence-corrected chi connectivity index (χ2v) is 7.41. The Balaban J connectivity index is 0.00000192. The van der Waals surface area contributed by atoms with Crippen LogP contribution in [0.25, 0.3) is 11.5 Å². The van der Waals surface area contributed by atoms with E-state index in [1.54, 1.807) is 24.3 Å². The number of nitrogens with one attached hydrogen (secondary N) is 1. The van der Waals surface area contributed by atoms with Crippen LogP contribution in [0.3, 0.4) is 0 Å². The minimum atomic E-state index is -3.36. The van der Waals surface area contributed by atoms with Crippen LogP contribution in [0.15, 0.2) is 33.7 Å². The van der Waals surface area contributed by atoms with E-state index >= 15 is 0 Å². The minimum absolute atomic E-state index is 0. The summed E-state index contributed by atoms with van der Waals surface area (Å²) in [5.74, 6) is 0.794. The van der Waals surface area contributed by atoms with Crippen LogP contribution in [0.4, 0.5) is 0 Å². The lowest BCUT2D eigenvalue weighted by Crippen LogP contribution is -2.44. The van der Waals surface area contributed by atoms with Crippen molar-refractivity contribution in [1.29, 1.82) is 0 Å². The molecule has 126 valence electrons. The lowest BCUT2D eigenvalue weighted by molar-refractivity contribution is 0.190. The van der Waals surface area contributed by atoms with E-state index in [4.69, 9.17) is 4.52 Å². The van der Waals surface area contributed by atoms with E-state index in [2.05, 4.69) is 20.4 Å². The number of aromatic nitrogens is 2. The first-order valence-corrected chi connectivity index (χ1v) is 8.90. The number of likely N-dealkylation sites (N-methyl/N-ethyl adjacent to an activating group) is 1. The third kappa shape index (κ3) is 3.72. The molecule has 1 aliphatic rings. The van der Waals surface area contributed by atoms with Crippen LogP contribution in [0, 0.1) is 0 Å². The van der Waals surface area contributed by atoms with Gasteiger partial charge in [-0.25, -0.2) is 8.42 Å². The quantitative estimate of drug-likeness (QED) is 0.880. The summed E-state index contributed by atoms with van der Waals surface area (Å²) in [6.07, 6.45) is 1.17. The summed E-state index contributed by atoms with van der Waals surface area (Å²) in [7, 11) is -1.35. The normalized spacial score (nSPS) is 19.3. The van der Waals surface area contributed by atoms with Crippen LogP contribution in [-0.4, -0.2) is 56.4 Å². The van der Waals surface area contributed by atoms with Gasteiger partial charge < -0.3 is 9.84 Å². The van der Waals surface area contributed by atoms with Crippen molar-refractivity contribution in [2.75, 3.05) is 32.9 Å². The summed E-state index contributed by atoms with van der Waals surface area (Å²) in [5.41, 5.74) is 0.440. The van der Waals surface area contributed by atoms with Crippen LogP contribution in [0.1, 0.15) is 11.9 Å². The maximum absolute atomic E-state index is 11.9. The maximum Gasteiger partial charge on any atom is 0.259 e. The minimum Gasteiger partial charge on any atom is -0.334 e. The highest BCUT2D eigenvalue weighted by atomic mass is 35.5. The van der Waals surface area contributed by atoms with E-state index in [0.717, 1.165) is 19.6 Å². The molecule has 7 nitrogen and oxygen atoms in total. The number of nitrogens with zero attached hydrogens (tertiary/aromatic N) is 3. The molecule has 1 N–H and O–H groups in total. The number of hydrogen-bond donors (Lipinski definition) is 1. The number of hydrogen-bond acceptors (Lipinski definition) is 7. The van der Waals surface area contributed by atoms with Crippen LogP contribution in [-0.2, 0) is 9.84 Å². The van der Waals surface area contributed by atoms with Gasteiger partial charge in [0.05, 0.1) is 16.5 Å². The molecule has 2 heterocycles. The molecule has 23 heavy (non-hydrogen) atoms. The zero-order chi connectivity index (χ0) is 15.7. The van der Waals surface area contributed by atoms with E-state index in [1.165, 1.54) is 6.26 Å². The van der Waals surface area contributed by atoms with E-state index < -0.39 is 9.84 Å². The summed E-state index contributed by atoms with van der Waals surface area (Å²) in [6.45, 7) is 2.56. The molecule has 1 aromatic heterocycles. The Kier molecular flexibility index (Phi) is 5.41. The first kappa shape index (κ1) is 17.9. The Bertz CT molecular complexity index is 778. The predicted octanol–water partition coefficient (Wildman–Crippen LogP) is 1.14. The van der Waals surface area contributed by atoms with E-state index in [9.17, 15) is 8.42 Å². The van der Waals surface area contributed by atoms with Gasteiger partial charge in [0, 0.05) is 25.9 Å². The smallest absolute Gasteiger partial charge is 0.259 e. The van der Waals surface area contributed by atoms with Crippen molar-refractivity contribution < 1.29 is 12.9 Å². The summed E-state index contributed by atoms with van der Waals surface area (Å²) in [5, 5.41) is 7.32. The monoisotopic (exact) mass is 358 g/mol. The average Bonchev–Trinajstić information content (AvgIpc) is 2.96. The van der Waals surface area contributed by atoms with Gasteiger partial charge >= 0.3 is 0 Å². The molecule has 0 amide bonds. The fraction of sp³-hybridized carbons (Fsp3) is 0.429. The van der Waals surface area contributed by atoms with E-state index in [1.807, 2.05) is 7.05 Å². The van der Waals surface area contributed by atoms with Crippen molar-refractivity contribution in [2.45, 2.75) is 10.9 Å². The van der Waals surface area contributed by atoms with Crippen molar-refractivity contribution in [3.8, 4) is 11.5 Å². The Morgan fingerprint density at radius 2 is 2.09 bits per heavy atom. The predicted molar refractivity (Wildman–Crippen MR) is 88.3 cm³/mol. The van der Waals surface area contributed by atoms with Gasteiger partial charge in [0.25, 0.3) is 5.89 Å². The lowest BCUT2D eigenvalue weighted by atomic mass is 10.2. The standard InChI is InChI=1S/C14H18N4O3S.ClH/c1-18-8-7-15-9-11(18)13-16-14(21-17-13)10-5-3-4-6-12(10)22(2,19)20;/h3-6,11,15H,7-9H2,1-2H3;1H. The molecule has 1 fully saturated rings. The van der Waals surface area contributed by atoms with Crippen molar-refractivity contribution in [1.82, 2.24) is 20.4 Å².